The van der Waals surface area contributed by atoms with E-state index in [4.69, 9.17) is 19.9 Å². The van der Waals surface area contributed by atoms with E-state index < -0.39 is 0 Å². The number of pyridine rings is 1. The van der Waals surface area contributed by atoms with E-state index in [0.717, 1.165) is 11.4 Å². The molecule has 0 aliphatic rings. The third-order valence-electron chi connectivity index (χ3n) is 4.59. The van der Waals surface area contributed by atoms with Crippen molar-refractivity contribution in [2.45, 2.75) is 33.7 Å². The van der Waals surface area contributed by atoms with Gasteiger partial charge >= 0.3 is 5.97 Å². The average molecular weight is 430 g/mol. The van der Waals surface area contributed by atoms with Gasteiger partial charge in [-0.3, -0.25) is 4.79 Å². The Morgan fingerprint density at radius 2 is 1.97 bits per heavy atom. The Hall–Kier alpha value is -3.43. The maximum absolute atomic E-state index is 11.7. The van der Waals surface area contributed by atoms with Crippen molar-refractivity contribution in [1.82, 2.24) is 15.0 Å². The van der Waals surface area contributed by atoms with Crippen LogP contribution in [0.3, 0.4) is 0 Å². The molecule has 0 saturated carbocycles. The molecule has 10 heteroatoms. The fourth-order valence-corrected chi connectivity index (χ4v) is 2.99. The van der Waals surface area contributed by atoms with E-state index in [9.17, 15) is 4.79 Å². The number of rotatable bonds is 12. The molecule has 0 aromatic carbocycles. The van der Waals surface area contributed by atoms with Crippen molar-refractivity contribution in [2.24, 2.45) is 0 Å². The number of aromatic nitrogens is 3. The molecule has 0 saturated heterocycles. The maximum atomic E-state index is 11.7. The van der Waals surface area contributed by atoms with Crippen LogP contribution in [0.4, 0.5) is 17.6 Å². The van der Waals surface area contributed by atoms with Gasteiger partial charge in [-0.25, -0.2) is 15.0 Å². The van der Waals surface area contributed by atoms with Crippen LogP contribution in [0.15, 0.2) is 18.5 Å². The Balaban J connectivity index is 2.33. The Kier molecular flexibility index (Phi) is 8.98. The summed E-state index contributed by atoms with van der Waals surface area (Å²) < 4.78 is 10.1. The second kappa shape index (κ2) is 11.7. The Bertz CT molecular complexity index is 887. The van der Waals surface area contributed by atoms with Crippen LogP contribution in [-0.4, -0.2) is 60.5 Å². The predicted molar refractivity (Wildman–Crippen MR) is 121 cm³/mol. The van der Waals surface area contributed by atoms with Crippen molar-refractivity contribution in [3.8, 4) is 5.75 Å². The first-order valence-electron chi connectivity index (χ1n) is 10.2. The monoisotopic (exact) mass is 429 g/mol. The zero-order valence-electron chi connectivity index (χ0n) is 18.8. The van der Waals surface area contributed by atoms with Gasteiger partial charge < -0.3 is 30.4 Å². The first-order chi connectivity index (χ1) is 14.9. The summed E-state index contributed by atoms with van der Waals surface area (Å²) in [6.07, 6.45) is 3.48. The summed E-state index contributed by atoms with van der Waals surface area (Å²) in [5.74, 6) is 2.12. The van der Waals surface area contributed by atoms with Crippen LogP contribution >= 0.6 is 0 Å². The van der Waals surface area contributed by atoms with Gasteiger partial charge in [0.05, 0.1) is 32.5 Å². The van der Waals surface area contributed by atoms with Crippen LogP contribution in [0.1, 0.15) is 38.3 Å². The van der Waals surface area contributed by atoms with Gasteiger partial charge in [0.25, 0.3) is 0 Å². The third kappa shape index (κ3) is 6.53. The number of hydrogen-bond donors (Lipinski definition) is 3. The van der Waals surface area contributed by atoms with Crippen molar-refractivity contribution in [3.63, 3.8) is 0 Å². The second-order valence-corrected chi connectivity index (χ2v) is 6.68. The molecule has 0 aliphatic heterocycles. The number of anilines is 3. The number of methoxy groups -OCH3 is 1. The molecule has 2 heterocycles. The Morgan fingerprint density at radius 3 is 2.52 bits per heavy atom. The topological polar surface area (TPSA) is 125 Å². The molecule has 0 spiro atoms. The van der Waals surface area contributed by atoms with Crippen LogP contribution in [-0.2, 0) is 16.1 Å². The number of carbonyl (C=O) groups excluding carboxylic acids is 1. The highest BCUT2D eigenvalue weighted by molar-refractivity contribution is 6.01. The summed E-state index contributed by atoms with van der Waals surface area (Å²) >= 11 is 0. The molecular formula is C21H31N7O3. The molecule has 2 aromatic heterocycles. The highest BCUT2D eigenvalue weighted by atomic mass is 16.5. The largest absolute Gasteiger partial charge is 0.491 e. The lowest BCUT2D eigenvalue weighted by Gasteiger charge is -2.26. The Morgan fingerprint density at radius 1 is 1.26 bits per heavy atom. The van der Waals surface area contributed by atoms with Gasteiger partial charge in [0.2, 0.25) is 5.95 Å². The molecule has 168 valence electrons. The van der Waals surface area contributed by atoms with Gasteiger partial charge in [-0.1, -0.05) is 0 Å². The molecule has 2 rings (SSSR count). The molecule has 10 nitrogen and oxygen atoms in total. The molecule has 0 bridgehead atoms. The molecule has 0 radical (unpaired) electrons. The van der Waals surface area contributed by atoms with Crippen LogP contribution in [0.2, 0.25) is 0 Å². The summed E-state index contributed by atoms with van der Waals surface area (Å²) in [5.41, 5.74) is 1.98. The summed E-state index contributed by atoms with van der Waals surface area (Å²) in [6.45, 7) is 7.69. The van der Waals surface area contributed by atoms with E-state index in [2.05, 4.69) is 20.6 Å². The van der Waals surface area contributed by atoms with Crippen molar-refractivity contribution in [1.29, 1.82) is 5.41 Å². The van der Waals surface area contributed by atoms with Crippen LogP contribution in [0.5, 0.6) is 5.75 Å². The fourth-order valence-electron chi connectivity index (χ4n) is 2.99. The van der Waals surface area contributed by atoms with Gasteiger partial charge in [-0.05, 0) is 26.8 Å². The molecule has 2 aromatic rings. The number of ether oxygens (including phenoxy) is 2. The van der Waals surface area contributed by atoms with Crippen molar-refractivity contribution >= 4 is 29.3 Å². The van der Waals surface area contributed by atoms with E-state index in [0.29, 0.717) is 55.0 Å². The molecule has 0 fully saturated rings. The van der Waals surface area contributed by atoms with Crippen LogP contribution < -0.4 is 20.3 Å². The molecular weight excluding hydrogens is 398 g/mol. The number of carbonyl (C=O) groups is 1. The van der Waals surface area contributed by atoms with E-state index in [1.165, 1.54) is 7.11 Å². The summed E-state index contributed by atoms with van der Waals surface area (Å²) in [5, 5.41) is 14.4. The van der Waals surface area contributed by atoms with Crippen molar-refractivity contribution < 1.29 is 14.3 Å². The summed E-state index contributed by atoms with van der Waals surface area (Å²) in [6, 6.07) is 1.93. The highest BCUT2D eigenvalue weighted by Gasteiger charge is 2.18. The minimum absolute atomic E-state index is 0.251. The number of nitrogens with one attached hydrogen (secondary N) is 3. The molecule has 0 atom stereocenters. The lowest BCUT2D eigenvalue weighted by Crippen LogP contribution is -2.29. The van der Waals surface area contributed by atoms with Gasteiger partial charge in [-0.2, -0.15) is 0 Å². The number of hydrogen-bond acceptors (Lipinski definition) is 10. The fraction of sp³-hybridized carbons (Fsp3) is 0.476. The average Bonchev–Trinajstić information content (AvgIpc) is 2.78. The predicted octanol–water partition coefficient (Wildman–Crippen LogP) is 2.70. The van der Waals surface area contributed by atoms with Crippen LogP contribution in [0.25, 0.3) is 0 Å². The van der Waals surface area contributed by atoms with E-state index in [1.54, 1.807) is 26.4 Å². The van der Waals surface area contributed by atoms with Crippen LogP contribution in [0, 0.1) is 5.41 Å². The normalized spacial score (nSPS) is 10.4. The highest BCUT2D eigenvalue weighted by Crippen LogP contribution is 2.26. The lowest BCUT2D eigenvalue weighted by atomic mass is 10.1. The number of esters is 1. The molecule has 0 aliphatic carbocycles. The molecule has 0 amide bonds. The zero-order chi connectivity index (χ0) is 22.8. The number of nitrogens with zero attached hydrogens (tertiary/aromatic N) is 4. The molecule has 3 N–H and O–H groups in total. The standard InChI is InChI=1S/C21H31N7O3/c1-6-28(9-8-18(29)30-5)20-15(10-17(14(3)22)19(23-4)27-20)11-24-21-25-12-16(13-26-21)31-7-2/h10,12-13,22H,6-9,11H2,1-5H3,(H,23,27)(H,24,25,26). The lowest BCUT2D eigenvalue weighted by molar-refractivity contribution is -0.140. The SMILES string of the molecule is CCOc1cnc(NCc2cc(C(C)=N)c(NC)nc2N(CC)CCC(=O)OC)nc1. The maximum Gasteiger partial charge on any atom is 0.307 e. The molecule has 31 heavy (non-hydrogen) atoms. The van der Waals surface area contributed by atoms with Gasteiger partial charge in [0.1, 0.15) is 11.6 Å². The zero-order valence-corrected chi connectivity index (χ0v) is 18.8. The van der Waals surface area contributed by atoms with E-state index in [-0.39, 0.29) is 12.4 Å². The summed E-state index contributed by atoms with van der Waals surface area (Å²) in [7, 11) is 3.15. The minimum atomic E-state index is -0.276. The van der Waals surface area contributed by atoms with E-state index >= 15 is 0 Å². The second-order valence-electron chi connectivity index (χ2n) is 6.68. The van der Waals surface area contributed by atoms with Gasteiger partial charge in [0, 0.05) is 43.5 Å². The third-order valence-corrected chi connectivity index (χ3v) is 4.59. The van der Waals surface area contributed by atoms with Crippen molar-refractivity contribution in [2.75, 3.05) is 49.4 Å². The van der Waals surface area contributed by atoms with Gasteiger partial charge in [-0.15, -0.1) is 0 Å². The molecule has 0 unspecified atom stereocenters. The van der Waals surface area contributed by atoms with E-state index in [1.807, 2.05) is 24.8 Å². The smallest absolute Gasteiger partial charge is 0.307 e. The first-order valence-corrected chi connectivity index (χ1v) is 10.2. The van der Waals surface area contributed by atoms with Gasteiger partial charge in [0.15, 0.2) is 5.75 Å². The summed E-state index contributed by atoms with van der Waals surface area (Å²) in [4.78, 5) is 27.0. The quantitative estimate of drug-likeness (QED) is 0.345. The first kappa shape index (κ1) is 23.8. The van der Waals surface area contributed by atoms with Crippen molar-refractivity contribution in [3.05, 3.63) is 29.6 Å². The minimum Gasteiger partial charge on any atom is -0.491 e. The Labute approximate surface area is 182 Å².